The topological polar surface area (TPSA) is 60.2 Å². The van der Waals surface area contributed by atoms with Crippen LogP contribution in [0.2, 0.25) is 0 Å². The number of nitrogens with two attached hydrogens (primary N) is 1. The fraction of sp³-hybridized carbons (Fsp3) is 0.550. The van der Waals surface area contributed by atoms with Gasteiger partial charge in [0.2, 0.25) is 0 Å². The van der Waals surface area contributed by atoms with E-state index in [1.165, 1.54) is 36.6 Å². The highest BCUT2D eigenvalue weighted by Crippen LogP contribution is 2.44. The lowest BCUT2D eigenvalue weighted by Crippen LogP contribution is -2.16. The van der Waals surface area contributed by atoms with E-state index in [2.05, 4.69) is 29.4 Å². The summed E-state index contributed by atoms with van der Waals surface area (Å²) in [5.41, 5.74) is 9.30. The summed E-state index contributed by atoms with van der Waals surface area (Å²) in [4.78, 5) is 4.66. The van der Waals surface area contributed by atoms with Gasteiger partial charge in [0.05, 0.1) is 18.3 Å². The Morgan fingerprint density at radius 1 is 1.38 bits per heavy atom. The number of benzene rings is 1. The molecule has 1 heterocycles. The fourth-order valence-electron chi connectivity index (χ4n) is 3.83. The van der Waals surface area contributed by atoms with E-state index in [1.54, 1.807) is 7.11 Å². The summed E-state index contributed by atoms with van der Waals surface area (Å²) in [6, 6.07) is 6.60. The standard InChI is InChI=1S/C20H29N3O/c1-14(21)7-5-11-22-17-13-18(24-2)19(15-8-3-4-9-15)16-10-6-12-23-20(16)17/h6,10,12-15,22H,3-5,7-9,11,21H2,1-2H3. The maximum atomic E-state index is 5.84. The van der Waals surface area contributed by atoms with Gasteiger partial charge in [-0.05, 0) is 44.6 Å². The number of nitrogens with one attached hydrogen (secondary N) is 1. The number of pyridine rings is 1. The molecule has 3 rings (SSSR count). The summed E-state index contributed by atoms with van der Waals surface area (Å²) < 4.78 is 5.76. The molecule has 0 bridgehead atoms. The zero-order valence-corrected chi connectivity index (χ0v) is 14.8. The Morgan fingerprint density at radius 2 is 2.17 bits per heavy atom. The third-order valence-electron chi connectivity index (χ3n) is 5.03. The molecule has 1 saturated carbocycles. The van der Waals surface area contributed by atoms with Crippen LogP contribution in [0.3, 0.4) is 0 Å². The molecule has 1 atom stereocenters. The number of hydrogen-bond acceptors (Lipinski definition) is 4. The summed E-state index contributed by atoms with van der Waals surface area (Å²) in [5, 5.41) is 4.77. The molecule has 1 unspecified atom stereocenters. The maximum absolute atomic E-state index is 5.84. The van der Waals surface area contributed by atoms with Crippen LogP contribution < -0.4 is 15.8 Å². The van der Waals surface area contributed by atoms with E-state index in [0.717, 1.165) is 36.3 Å². The molecule has 4 heteroatoms. The average Bonchev–Trinajstić information content (AvgIpc) is 3.11. The smallest absolute Gasteiger partial charge is 0.125 e. The lowest BCUT2D eigenvalue weighted by atomic mass is 9.92. The van der Waals surface area contributed by atoms with Crippen molar-refractivity contribution >= 4 is 16.6 Å². The van der Waals surface area contributed by atoms with Crippen LogP contribution in [0.1, 0.15) is 56.9 Å². The molecule has 0 saturated heterocycles. The molecule has 1 fully saturated rings. The van der Waals surface area contributed by atoms with Gasteiger partial charge < -0.3 is 15.8 Å². The van der Waals surface area contributed by atoms with Crippen molar-refractivity contribution in [3.8, 4) is 5.75 Å². The Bertz CT molecular complexity index is 678. The summed E-state index contributed by atoms with van der Waals surface area (Å²) in [7, 11) is 1.77. The average molecular weight is 327 g/mol. The van der Waals surface area contributed by atoms with Crippen LogP contribution in [0.4, 0.5) is 5.69 Å². The molecule has 1 aliphatic rings. The van der Waals surface area contributed by atoms with Crippen molar-refractivity contribution in [1.29, 1.82) is 0 Å². The number of methoxy groups -OCH3 is 1. The highest BCUT2D eigenvalue weighted by atomic mass is 16.5. The van der Waals surface area contributed by atoms with Crippen molar-refractivity contribution < 1.29 is 4.74 Å². The molecule has 0 radical (unpaired) electrons. The van der Waals surface area contributed by atoms with Gasteiger partial charge in [0.1, 0.15) is 5.75 Å². The van der Waals surface area contributed by atoms with Gasteiger partial charge in [-0.15, -0.1) is 0 Å². The van der Waals surface area contributed by atoms with Crippen molar-refractivity contribution in [2.45, 2.75) is 57.4 Å². The molecule has 0 aliphatic heterocycles. The van der Waals surface area contributed by atoms with Crippen LogP contribution in [0.5, 0.6) is 5.75 Å². The molecule has 1 aliphatic carbocycles. The van der Waals surface area contributed by atoms with Crippen molar-refractivity contribution in [1.82, 2.24) is 4.98 Å². The molecule has 3 N–H and O–H groups in total. The first-order valence-corrected chi connectivity index (χ1v) is 9.15. The number of anilines is 1. The SMILES string of the molecule is COc1cc(NCCCC(C)N)c2ncccc2c1C1CCCC1. The predicted molar refractivity (Wildman–Crippen MR) is 101 cm³/mol. The third kappa shape index (κ3) is 3.64. The Labute approximate surface area is 144 Å². The van der Waals surface area contributed by atoms with Crippen LogP contribution in [-0.4, -0.2) is 24.7 Å². The zero-order valence-electron chi connectivity index (χ0n) is 14.8. The number of rotatable bonds is 7. The van der Waals surface area contributed by atoms with Gasteiger partial charge >= 0.3 is 0 Å². The number of aromatic nitrogens is 1. The van der Waals surface area contributed by atoms with E-state index >= 15 is 0 Å². The van der Waals surface area contributed by atoms with Crippen LogP contribution in [0.15, 0.2) is 24.4 Å². The first-order chi connectivity index (χ1) is 11.7. The highest BCUT2D eigenvalue weighted by molar-refractivity contribution is 5.95. The van der Waals surface area contributed by atoms with Crippen LogP contribution in [0, 0.1) is 0 Å². The van der Waals surface area contributed by atoms with E-state index in [0.29, 0.717) is 5.92 Å². The number of hydrogen-bond donors (Lipinski definition) is 2. The van der Waals surface area contributed by atoms with Crippen molar-refractivity contribution in [2.75, 3.05) is 19.0 Å². The maximum Gasteiger partial charge on any atom is 0.125 e. The Balaban J connectivity index is 1.94. The van der Waals surface area contributed by atoms with Crippen molar-refractivity contribution in [3.63, 3.8) is 0 Å². The Morgan fingerprint density at radius 3 is 2.88 bits per heavy atom. The first-order valence-electron chi connectivity index (χ1n) is 9.15. The normalized spacial score (nSPS) is 16.5. The molecule has 4 nitrogen and oxygen atoms in total. The molecule has 0 amide bonds. The predicted octanol–water partition coefficient (Wildman–Crippen LogP) is 4.44. The highest BCUT2D eigenvalue weighted by Gasteiger charge is 2.24. The van der Waals surface area contributed by atoms with E-state index in [9.17, 15) is 0 Å². The molecular weight excluding hydrogens is 298 g/mol. The molecule has 24 heavy (non-hydrogen) atoms. The second-order valence-corrected chi connectivity index (χ2v) is 6.97. The zero-order chi connectivity index (χ0) is 16.9. The van der Waals surface area contributed by atoms with Gasteiger partial charge in [0.15, 0.2) is 0 Å². The monoisotopic (exact) mass is 327 g/mol. The second-order valence-electron chi connectivity index (χ2n) is 6.97. The fourth-order valence-corrected chi connectivity index (χ4v) is 3.83. The van der Waals surface area contributed by atoms with E-state index in [-0.39, 0.29) is 6.04 Å². The molecule has 130 valence electrons. The number of ether oxygens (including phenoxy) is 1. The Hall–Kier alpha value is -1.81. The van der Waals surface area contributed by atoms with Gasteiger partial charge in [0.25, 0.3) is 0 Å². The minimum Gasteiger partial charge on any atom is -0.496 e. The number of fused-ring (bicyclic) bond motifs is 1. The van der Waals surface area contributed by atoms with Gasteiger partial charge in [0, 0.05) is 35.8 Å². The van der Waals surface area contributed by atoms with Gasteiger partial charge in [-0.2, -0.15) is 0 Å². The minimum absolute atomic E-state index is 0.251. The second kappa shape index (κ2) is 7.84. The minimum atomic E-state index is 0.251. The summed E-state index contributed by atoms with van der Waals surface area (Å²) >= 11 is 0. The molecule has 2 aromatic rings. The summed E-state index contributed by atoms with van der Waals surface area (Å²) in [6.45, 7) is 2.95. The largest absolute Gasteiger partial charge is 0.496 e. The lowest BCUT2D eigenvalue weighted by molar-refractivity contribution is 0.406. The molecule has 1 aromatic carbocycles. The van der Waals surface area contributed by atoms with Crippen molar-refractivity contribution in [2.24, 2.45) is 5.73 Å². The van der Waals surface area contributed by atoms with Crippen LogP contribution in [0.25, 0.3) is 10.9 Å². The van der Waals surface area contributed by atoms with Crippen molar-refractivity contribution in [3.05, 3.63) is 30.0 Å². The summed E-state index contributed by atoms with van der Waals surface area (Å²) in [5.74, 6) is 1.59. The van der Waals surface area contributed by atoms with Crippen LogP contribution >= 0.6 is 0 Å². The van der Waals surface area contributed by atoms with Crippen LogP contribution in [-0.2, 0) is 0 Å². The van der Waals surface area contributed by atoms with E-state index in [1.807, 2.05) is 12.3 Å². The molecular formula is C20H29N3O. The number of nitrogens with zero attached hydrogens (tertiary/aromatic N) is 1. The van der Waals surface area contributed by atoms with Gasteiger partial charge in [-0.25, -0.2) is 0 Å². The van der Waals surface area contributed by atoms with Gasteiger partial charge in [-0.3, -0.25) is 4.98 Å². The quantitative estimate of drug-likeness (QED) is 0.738. The molecule has 0 spiro atoms. The third-order valence-corrected chi connectivity index (χ3v) is 5.03. The first kappa shape index (κ1) is 17.0. The van der Waals surface area contributed by atoms with Gasteiger partial charge in [-0.1, -0.05) is 18.9 Å². The summed E-state index contributed by atoms with van der Waals surface area (Å²) in [6.07, 6.45) is 9.08. The molecule has 1 aromatic heterocycles. The van der Waals surface area contributed by atoms with E-state index in [4.69, 9.17) is 10.5 Å². The Kier molecular flexibility index (Phi) is 5.56. The van der Waals surface area contributed by atoms with E-state index < -0.39 is 0 Å². The lowest BCUT2D eigenvalue weighted by Gasteiger charge is -2.20.